The minimum Gasteiger partial charge on any atom is -0.550 e. The molecule has 0 aliphatic carbocycles. The van der Waals surface area contributed by atoms with E-state index in [-0.39, 0.29) is 12.3 Å². The number of nitrogens with zero attached hydrogens (tertiary/aromatic N) is 2. The number of aliphatic carboxylic acids is 1. The number of carboxylic acid groups (broad SMARTS) is 1. The topological polar surface area (TPSA) is 95.0 Å². The molecular formula is C8H10N3O3S3-. The summed E-state index contributed by atoms with van der Waals surface area (Å²) in [7, 11) is 1.57. The maximum absolute atomic E-state index is 11.0. The molecule has 0 radical (unpaired) electrons. The highest BCUT2D eigenvalue weighted by atomic mass is 32.2. The van der Waals surface area contributed by atoms with E-state index in [0.717, 1.165) is 0 Å². The van der Waals surface area contributed by atoms with E-state index in [4.69, 9.17) is 0 Å². The molecule has 1 N–H and O–H groups in total. The molecule has 0 saturated heterocycles. The number of hydrogen-bond acceptors (Lipinski definition) is 8. The molecule has 1 amide bonds. The minimum absolute atomic E-state index is 0.00896. The lowest BCUT2D eigenvalue weighted by Crippen LogP contribution is -2.22. The minimum atomic E-state index is -1.07. The van der Waals surface area contributed by atoms with Crippen LogP contribution in [0.25, 0.3) is 0 Å². The van der Waals surface area contributed by atoms with Gasteiger partial charge in [0.2, 0.25) is 5.91 Å². The Bertz CT molecular complexity index is 396. The summed E-state index contributed by atoms with van der Waals surface area (Å²) in [5.41, 5.74) is 0. The zero-order valence-corrected chi connectivity index (χ0v) is 11.4. The van der Waals surface area contributed by atoms with Crippen molar-refractivity contribution < 1.29 is 14.7 Å². The molecule has 0 aliphatic heterocycles. The SMILES string of the molecule is CNC(=O)CSc1nnc(SCCC(=O)[O-])s1. The predicted molar refractivity (Wildman–Crippen MR) is 65.0 cm³/mol. The van der Waals surface area contributed by atoms with Crippen LogP contribution in [0.3, 0.4) is 0 Å². The van der Waals surface area contributed by atoms with Crippen molar-refractivity contribution in [2.45, 2.75) is 15.1 Å². The summed E-state index contributed by atoms with van der Waals surface area (Å²) in [6, 6.07) is 0. The second-order valence-electron chi connectivity index (χ2n) is 2.77. The molecular weight excluding hydrogens is 282 g/mol. The van der Waals surface area contributed by atoms with Gasteiger partial charge in [0, 0.05) is 18.8 Å². The van der Waals surface area contributed by atoms with Gasteiger partial charge in [-0.25, -0.2) is 0 Å². The van der Waals surface area contributed by atoms with E-state index < -0.39 is 5.97 Å². The van der Waals surface area contributed by atoms with E-state index in [0.29, 0.717) is 20.2 Å². The smallest absolute Gasteiger partial charge is 0.230 e. The highest BCUT2D eigenvalue weighted by Gasteiger charge is 2.07. The third-order valence-corrected chi connectivity index (χ3v) is 4.72. The fraction of sp³-hybridized carbons (Fsp3) is 0.500. The molecule has 17 heavy (non-hydrogen) atoms. The third kappa shape index (κ3) is 5.89. The van der Waals surface area contributed by atoms with Crippen LogP contribution in [0.1, 0.15) is 6.42 Å². The van der Waals surface area contributed by atoms with Crippen molar-refractivity contribution >= 4 is 46.7 Å². The summed E-state index contributed by atoms with van der Waals surface area (Å²) < 4.78 is 1.40. The van der Waals surface area contributed by atoms with Gasteiger partial charge in [-0.1, -0.05) is 34.9 Å². The number of carbonyl (C=O) groups is 2. The maximum atomic E-state index is 11.0. The molecule has 0 fully saturated rings. The van der Waals surface area contributed by atoms with Crippen molar-refractivity contribution in [1.29, 1.82) is 0 Å². The van der Waals surface area contributed by atoms with Gasteiger partial charge in [0.15, 0.2) is 8.68 Å². The summed E-state index contributed by atoms with van der Waals surface area (Å²) in [5.74, 6) is -0.432. The Morgan fingerprint density at radius 3 is 2.59 bits per heavy atom. The van der Waals surface area contributed by atoms with Crippen LogP contribution in [0.5, 0.6) is 0 Å². The molecule has 0 saturated carbocycles. The predicted octanol–water partition coefficient (Wildman–Crippen LogP) is -0.392. The van der Waals surface area contributed by atoms with Crippen LogP contribution in [-0.2, 0) is 9.59 Å². The monoisotopic (exact) mass is 292 g/mol. The first-order valence-corrected chi connectivity index (χ1v) is 7.40. The number of aromatic nitrogens is 2. The van der Waals surface area contributed by atoms with Crippen LogP contribution in [0.4, 0.5) is 0 Å². The molecule has 0 atom stereocenters. The van der Waals surface area contributed by atoms with Crippen molar-refractivity contribution in [3.63, 3.8) is 0 Å². The number of nitrogens with one attached hydrogen (secondary N) is 1. The van der Waals surface area contributed by atoms with E-state index in [1.807, 2.05) is 0 Å². The first-order chi connectivity index (χ1) is 8.11. The number of hydrogen-bond donors (Lipinski definition) is 1. The number of carboxylic acids is 1. The molecule has 1 aromatic heterocycles. The third-order valence-electron chi connectivity index (χ3n) is 1.53. The fourth-order valence-electron chi connectivity index (χ4n) is 0.735. The van der Waals surface area contributed by atoms with E-state index in [2.05, 4.69) is 15.5 Å². The molecule has 0 bridgehead atoms. The number of thioether (sulfide) groups is 2. The Morgan fingerprint density at radius 1 is 1.35 bits per heavy atom. The van der Waals surface area contributed by atoms with E-state index >= 15 is 0 Å². The van der Waals surface area contributed by atoms with Crippen LogP contribution in [0, 0.1) is 0 Å². The Balaban J connectivity index is 2.32. The highest BCUT2D eigenvalue weighted by Crippen LogP contribution is 2.28. The molecule has 0 unspecified atom stereocenters. The summed E-state index contributed by atoms with van der Waals surface area (Å²) in [6.07, 6.45) is -0.00896. The summed E-state index contributed by atoms with van der Waals surface area (Å²) in [6.45, 7) is 0. The van der Waals surface area contributed by atoms with Gasteiger partial charge in [0.25, 0.3) is 0 Å². The van der Waals surface area contributed by atoms with Gasteiger partial charge in [-0.2, -0.15) is 0 Å². The Kier molecular flexibility index (Phi) is 6.30. The summed E-state index contributed by atoms with van der Waals surface area (Å²) in [4.78, 5) is 21.2. The van der Waals surface area contributed by atoms with Crippen LogP contribution in [0.15, 0.2) is 8.68 Å². The van der Waals surface area contributed by atoms with Crippen LogP contribution >= 0.6 is 34.9 Å². The normalized spacial score (nSPS) is 10.2. The van der Waals surface area contributed by atoms with E-state index in [1.54, 1.807) is 7.05 Å². The Labute approximate surface area is 111 Å². The zero-order valence-electron chi connectivity index (χ0n) is 8.97. The fourth-order valence-corrected chi connectivity index (χ4v) is 3.62. The molecule has 6 nitrogen and oxygen atoms in total. The molecule has 9 heteroatoms. The van der Waals surface area contributed by atoms with Crippen molar-refractivity contribution in [3.05, 3.63) is 0 Å². The molecule has 1 rings (SSSR count). The number of rotatable bonds is 7. The van der Waals surface area contributed by atoms with Gasteiger partial charge in [0.05, 0.1) is 5.75 Å². The molecule has 1 aromatic rings. The Hall–Kier alpha value is -0.800. The van der Waals surface area contributed by atoms with Gasteiger partial charge in [-0.05, 0) is 6.42 Å². The molecule has 94 valence electrons. The first-order valence-electron chi connectivity index (χ1n) is 4.61. The standard InChI is InChI=1S/C8H11N3O3S3/c1-9-5(12)4-16-8-11-10-7(17-8)15-3-2-6(13)14/h2-4H2,1H3,(H,9,12)(H,13,14)/p-1. The van der Waals surface area contributed by atoms with Crippen molar-refractivity contribution in [1.82, 2.24) is 15.5 Å². The second kappa shape index (κ2) is 7.51. The van der Waals surface area contributed by atoms with Gasteiger partial charge < -0.3 is 15.2 Å². The lowest BCUT2D eigenvalue weighted by Gasteiger charge is -1.97. The van der Waals surface area contributed by atoms with Gasteiger partial charge in [-0.3, -0.25) is 4.79 Å². The first kappa shape index (κ1) is 14.3. The average Bonchev–Trinajstić information content (AvgIpc) is 2.73. The maximum Gasteiger partial charge on any atom is 0.230 e. The second-order valence-corrected chi connectivity index (χ2v) is 6.31. The van der Waals surface area contributed by atoms with E-state index in [1.165, 1.54) is 34.9 Å². The van der Waals surface area contributed by atoms with Crippen molar-refractivity contribution in [2.75, 3.05) is 18.6 Å². The highest BCUT2D eigenvalue weighted by molar-refractivity contribution is 8.03. The Morgan fingerprint density at radius 2 is 2.00 bits per heavy atom. The molecule has 0 aliphatic rings. The summed E-state index contributed by atoms with van der Waals surface area (Å²) in [5, 5.41) is 20.5. The van der Waals surface area contributed by atoms with Crippen molar-refractivity contribution in [3.8, 4) is 0 Å². The van der Waals surface area contributed by atoms with Gasteiger partial charge in [-0.15, -0.1) is 10.2 Å². The lowest BCUT2D eigenvalue weighted by atomic mass is 10.5. The van der Waals surface area contributed by atoms with E-state index in [9.17, 15) is 14.7 Å². The largest absolute Gasteiger partial charge is 0.550 e. The molecule has 0 aromatic carbocycles. The van der Waals surface area contributed by atoms with Gasteiger partial charge in [0.1, 0.15) is 0 Å². The van der Waals surface area contributed by atoms with Crippen LogP contribution in [-0.4, -0.2) is 40.6 Å². The van der Waals surface area contributed by atoms with Gasteiger partial charge >= 0.3 is 0 Å². The quantitative estimate of drug-likeness (QED) is 0.684. The zero-order chi connectivity index (χ0) is 12.7. The molecule has 1 heterocycles. The van der Waals surface area contributed by atoms with Crippen LogP contribution in [0.2, 0.25) is 0 Å². The number of amides is 1. The lowest BCUT2D eigenvalue weighted by molar-refractivity contribution is -0.305. The van der Waals surface area contributed by atoms with Crippen molar-refractivity contribution in [2.24, 2.45) is 0 Å². The summed E-state index contributed by atoms with van der Waals surface area (Å²) >= 11 is 3.97. The number of carbonyl (C=O) groups excluding carboxylic acids is 2. The molecule has 0 spiro atoms. The van der Waals surface area contributed by atoms with Crippen LogP contribution < -0.4 is 10.4 Å². The average molecular weight is 292 g/mol.